The molecule has 11 nitrogen and oxygen atoms in total. The van der Waals surface area contributed by atoms with Crippen molar-refractivity contribution in [3.8, 4) is 0 Å². The second-order valence-corrected chi connectivity index (χ2v) is 4.50. The summed E-state index contributed by atoms with van der Waals surface area (Å²) in [6, 6.07) is 0. The Morgan fingerprint density at radius 3 is 1.71 bits per heavy atom. The zero-order valence-corrected chi connectivity index (χ0v) is 13.3. The van der Waals surface area contributed by atoms with Crippen molar-refractivity contribution in [2.75, 3.05) is 34.4 Å². The summed E-state index contributed by atoms with van der Waals surface area (Å²) in [6.07, 6.45) is 0. The van der Waals surface area contributed by atoms with Crippen molar-refractivity contribution in [1.82, 2.24) is 4.90 Å². The minimum Gasteiger partial charge on any atom is -0.461 e. The average Bonchev–Trinajstić information content (AvgIpc) is 2.16. The number of carbonyl (C=O) groups excluding carboxylic acids is 1. The van der Waals surface area contributed by atoms with Crippen LogP contribution in [0.2, 0.25) is 0 Å². The van der Waals surface area contributed by atoms with E-state index in [0.717, 1.165) is 13.7 Å². The van der Waals surface area contributed by atoms with Gasteiger partial charge < -0.3 is 31.5 Å². The van der Waals surface area contributed by atoms with E-state index in [-0.39, 0.29) is 27.9 Å². The van der Waals surface area contributed by atoms with Gasteiger partial charge in [-0.2, -0.15) is 8.42 Å². The SMILES string of the molecule is C=C(C)C(=O)OCCN(C)C.COS(=O)(=O)O.O.O.O.O. The first kappa shape index (κ1) is 36.8. The van der Waals surface area contributed by atoms with Crippen LogP contribution in [0.1, 0.15) is 6.92 Å². The minimum atomic E-state index is -4.16. The summed E-state index contributed by atoms with van der Waals surface area (Å²) in [5.74, 6) is -0.313. The molecule has 0 saturated heterocycles. The van der Waals surface area contributed by atoms with Crippen molar-refractivity contribution in [2.24, 2.45) is 0 Å². The van der Waals surface area contributed by atoms with Crippen molar-refractivity contribution < 1.29 is 48.6 Å². The quantitative estimate of drug-likeness (QED) is 0.306. The summed E-state index contributed by atoms with van der Waals surface area (Å²) in [6.45, 7) is 6.28. The molecule has 0 aromatic heterocycles. The summed E-state index contributed by atoms with van der Waals surface area (Å²) >= 11 is 0. The summed E-state index contributed by atoms with van der Waals surface area (Å²) in [5, 5.41) is 0. The van der Waals surface area contributed by atoms with Gasteiger partial charge in [-0.3, -0.25) is 8.74 Å². The molecule has 0 unspecified atom stereocenters. The lowest BCUT2D eigenvalue weighted by molar-refractivity contribution is -0.139. The van der Waals surface area contributed by atoms with Gasteiger partial charge in [0.2, 0.25) is 0 Å². The molecule has 0 bridgehead atoms. The summed E-state index contributed by atoms with van der Waals surface area (Å²) in [7, 11) is 0.559. The van der Waals surface area contributed by atoms with E-state index in [0.29, 0.717) is 12.2 Å². The van der Waals surface area contributed by atoms with Crippen LogP contribution in [-0.2, 0) is 24.1 Å². The van der Waals surface area contributed by atoms with E-state index >= 15 is 0 Å². The van der Waals surface area contributed by atoms with E-state index < -0.39 is 10.4 Å². The van der Waals surface area contributed by atoms with Crippen LogP contribution >= 0.6 is 0 Å². The van der Waals surface area contributed by atoms with Crippen molar-refractivity contribution in [2.45, 2.75) is 6.92 Å². The largest absolute Gasteiger partial charge is 0.461 e. The van der Waals surface area contributed by atoms with Gasteiger partial charge in [0.15, 0.2) is 0 Å². The molecule has 21 heavy (non-hydrogen) atoms. The number of nitrogens with zero attached hydrogens (tertiary/aromatic N) is 1. The molecule has 0 amide bonds. The van der Waals surface area contributed by atoms with Gasteiger partial charge >= 0.3 is 16.4 Å². The average molecular weight is 341 g/mol. The van der Waals surface area contributed by atoms with Gasteiger partial charge in [-0.1, -0.05) is 6.58 Å². The lowest BCUT2D eigenvalue weighted by Gasteiger charge is -2.09. The van der Waals surface area contributed by atoms with E-state index in [1.165, 1.54) is 0 Å². The molecule has 134 valence electrons. The van der Waals surface area contributed by atoms with Crippen LogP contribution in [0.4, 0.5) is 0 Å². The van der Waals surface area contributed by atoms with Crippen LogP contribution in [0.15, 0.2) is 12.2 Å². The third-order valence-electron chi connectivity index (χ3n) is 1.33. The first-order valence-electron chi connectivity index (χ1n) is 4.60. The standard InChI is InChI=1S/C8H15NO2.CH4O4S.4H2O/c1-7(2)8(10)11-6-5-9(3)4;1-5-6(2,3)4;;;;/h1,5-6H2,2-4H3;1H3,(H,2,3,4);4*1H2. The summed E-state index contributed by atoms with van der Waals surface area (Å²) in [5.41, 5.74) is 0.448. The van der Waals surface area contributed by atoms with Crippen LogP contribution in [0.25, 0.3) is 0 Å². The number of rotatable bonds is 5. The summed E-state index contributed by atoms with van der Waals surface area (Å²) in [4.78, 5) is 12.7. The van der Waals surface area contributed by atoms with Crippen molar-refractivity contribution in [1.29, 1.82) is 0 Å². The molecular formula is C9H27NO10S. The fourth-order valence-electron chi connectivity index (χ4n) is 0.444. The van der Waals surface area contributed by atoms with Gasteiger partial charge in [0, 0.05) is 12.1 Å². The second-order valence-electron chi connectivity index (χ2n) is 3.31. The molecular weight excluding hydrogens is 314 g/mol. The number of ether oxygens (including phenoxy) is 1. The molecule has 0 aromatic carbocycles. The Bertz CT molecular complexity index is 340. The highest BCUT2D eigenvalue weighted by Gasteiger charge is 2.01. The Balaban J connectivity index is -0.0000000500. The maximum absolute atomic E-state index is 10.8. The first-order valence-corrected chi connectivity index (χ1v) is 5.97. The van der Waals surface area contributed by atoms with E-state index in [9.17, 15) is 13.2 Å². The highest BCUT2D eigenvalue weighted by Crippen LogP contribution is 1.91. The summed E-state index contributed by atoms with van der Waals surface area (Å²) < 4.78 is 34.5. The van der Waals surface area contributed by atoms with E-state index in [2.05, 4.69) is 10.8 Å². The molecule has 0 fully saturated rings. The fourth-order valence-corrected chi connectivity index (χ4v) is 0.444. The molecule has 9 N–H and O–H groups in total. The van der Waals surface area contributed by atoms with Crippen LogP contribution in [0, 0.1) is 0 Å². The lowest BCUT2D eigenvalue weighted by atomic mass is 10.4. The smallest absolute Gasteiger partial charge is 0.397 e. The number of hydrogen-bond acceptors (Lipinski definition) is 6. The monoisotopic (exact) mass is 341 g/mol. The van der Waals surface area contributed by atoms with E-state index in [1.807, 2.05) is 19.0 Å². The highest BCUT2D eigenvalue weighted by atomic mass is 32.3. The molecule has 0 heterocycles. The van der Waals surface area contributed by atoms with Gasteiger partial charge in [-0.25, -0.2) is 4.79 Å². The van der Waals surface area contributed by atoms with Crippen LogP contribution < -0.4 is 0 Å². The van der Waals surface area contributed by atoms with Crippen molar-refractivity contribution in [3.05, 3.63) is 12.2 Å². The maximum Gasteiger partial charge on any atom is 0.397 e. The fraction of sp³-hybridized carbons (Fsp3) is 0.667. The van der Waals surface area contributed by atoms with Crippen LogP contribution in [0.3, 0.4) is 0 Å². The molecule has 0 atom stereocenters. The number of esters is 1. The Morgan fingerprint density at radius 2 is 1.52 bits per heavy atom. The lowest BCUT2D eigenvalue weighted by Crippen LogP contribution is -2.20. The predicted octanol–water partition coefficient (Wildman–Crippen LogP) is -3.20. The van der Waals surface area contributed by atoms with Crippen LogP contribution in [-0.4, -0.2) is 80.1 Å². The second kappa shape index (κ2) is 18.9. The van der Waals surface area contributed by atoms with Crippen molar-refractivity contribution in [3.63, 3.8) is 0 Å². The molecule has 12 heteroatoms. The third kappa shape index (κ3) is 38.1. The zero-order valence-electron chi connectivity index (χ0n) is 12.5. The Morgan fingerprint density at radius 1 is 1.19 bits per heavy atom. The van der Waals surface area contributed by atoms with Gasteiger partial charge in [0.1, 0.15) is 6.61 Å². The predicted molar refractivity (Wildman–Crippen MR) is 77.3 cm³/mol. The molecule has 0 spiro atoms. The van der Waals surface area contributed by atoms with Crippen LogP contribution in [0.5, 0.6) is 0 Å². The number of likely N-dealkylation sites (N-methyl/N-ethyl adjacent to an activating group) is 1. The highest BCUT2D eigenvalue weighted by molar-refractivity contribution is 7.80. The molecule has 0 aromatic rings. The Kier molecular flexibility index (Phi) is 33.1. The number of carbonyl (C=O) groups is 1. The minimum absolute atomic E-state index is 0. The van der Waals surface area contributed by atoms with Gasteiger partial charge in [-0.15, -0.1) is 0 Å². The van der Waals surface area contributed by atoms with Gasteiger partial charge in [0.05, 0.1) is 7.11 Å². The molecule has 0 aliphatic heterocycles. The molecule has 0 aliphatic carbocycles. The molecule has 0 saturated carbocycles. The maximum atomic E-state index is 10.8. The molecule has 0 rings (SSSR count). The van der Waals surface area contributed by atoms with E-state index in [4.69, 9.17) is 9.29 Å². The topological polar surface area (TPSA) is 219 Å². The first-order chi connectivity index (χ1) is 7.60. The zero-order chi connectivity index (χ0) is 14.1. The van der Waals surface area contributed by atoms with E-state index in [1.54, 1.807) is 6.92 Å². The van der Waals surface area contributed by atoms with Gasteiger partial charge in [0.25, 0.3) is 0 Å². The van der Waals surface area contributed by atoms with Gasteiger partial charge in [-0.05, 0) is 21.0 Å². The Hall–Kier alpha value is -1.12. The Labute approximate surface area is 124 Å². The normalized spacial score (nSPS) is 8.48. The molecule has 0 radical (unpaired) electrons. The third-order valence-corrected chi connectivity index (χ3v) is 1.75. The van der Waals surface area contributed by atoms with Crippen molar-refractivity contribution >= 4 is 16.4 Å². The molecule has 0 aliphatic rings. The number of hydrogen-bond donors (Lipinski definition) is 1.